The highest BCUT2D eigenvalue weighted by atomic mass is 19.1. The molecular weight excluding hydrogens is 429 g/mol. The third-order valence-electron chi connectivity index (χ3n) is 6.16. The maximum Gasteiger partial charge on any atom is 0.341 e. The molecule has 2 aliphatic rings. The Morgan fingerprint density at radius 3 is 2.45 bits per heavy atom. The highest BCUT2D eigenvalue weighted by Crippen LogP contribution is 2.42. The first-order valence-corrected chi connectivity index (χ1v) is 10.5. The van der Waals surface area contributed by atoms with Crippen molar-refractivity contribution in [2.45, 2.75) is 0 Å². The van der Waals surface area contributed by atoms with Crippen LogP contribution in [-0.4, -0.2) is 55.5 Å². The normalized spacial score (nSPS) is 15.5. The zero-order chi connectivity index (χ0) is 23.3. The van der Waals surface area contributed by atoms with E-state index in [1.165, 1.54) is 10.8 Å². The van der Waals surface area contributed by atoms with Crippen LogP contribution in [0.1, 0.15) is 10.4 Å². The zero-order valence-corrected chi connectivity index (χ0v) is 18.0. The van der Waals surface area contributed by atoms with E-state index >= 15 is 4.39 Å². The average molecular weight is 451 g/mol. The minimum atomic E-state index is -1.37. The molecule has 0 aliphatic carbocycles. The van der Waals surface area contributed by atoms with Crippen molar-refractivity contribution >= 4 is 33.9 Å². The number of nitrogens with zero attached hydrogens (tertiary/aromatic N) is 3. The number of pyridine rings is 1. The summed E-state index contributed by atoms with van der Waals surface area (Å²) in [6, 6.07) is 8.89. The molecule has 5 rings (SSSR count). The molecular formula is C24H22FN3O5. The topological polar surface area (TPSA) is 84.2 Å². The van der Waals surface area contributed by atoms with Gasteiger partial charge in [0.15, 0.2) is 11.6 Å². The molecule has 0 amide bonds. The Hall–Kier alpha value is -4.01. The van der Waals surface area contributed by atoms with Gasteiger partial charge in [-0.1, -0.05) is 6.58 Å². The molecule has 3 heterocycles. The standard InChI is InChI=1S/C24H22FN3O5/c1-14-13-33-23-20-17(22(29)18(24(30)31)12-28(14)20)11-19(25)21(23)27-9-7-26(8-10-27)15-3-5-16(32-2)6-4-15/h3-6,11-12H,1,7-10,13H2,2H3,(H,30,31). The summed E-state index contributed by atoms with van der Waals surface area (Å²) in [6.07, 6.45) is 1.24. The van der Waals surface area contributed by atoms with Crippen LogP contribution in [-0.2, 0) is 0 Å². The van der Waals surface area contributed by atoms with Crippen molar-refractivity contribution in [1.82, 2.24) is 4.57 Å². The van der Waals surface area contributed by atoms with E-state index in [4.69, 9.17) is 9.47 Å². The molecule has 3 aromatic rings. The number of methoxy groups -OCH3 is 1. The number of hydrogen-bond acceptors (Lipinski definition) is 6. The second-order valence-corrected chi connectivity index (χ2v) is 8.01. The Labute approximate surface area is 188 Å². The van der Waals surface area contributed by atoms with Gasteiger partial charge in [-0.3, -0.25) is 4.79 Å². The molecule has 0 atom stereocenters. The molecule has 0 unspecified atom stereocenters. The fourth-order valence-corrected chi connectivity index (χ4v) is 4.46. The first-order valence-electron chi connectivity index (χ1n) is 10.5. The smallest absolute Gasteiger partial charge is 0.341 e. The summed E-state index contributed by atoms with van der Waals surface area (Å²) < 4.78 is 27.9. The molecule has 2 aromatic carbocycles. The number of piperazine rings is 1. The van der Waals surface area contributed by atoms with Crippen molar-refractivity contribution in [3.8, 4) is 11.5 Å². The fraction of sp³-hybridized carbons (Fsp3) is 0.250. The van der Waals surface area contributed by atoms with Crippen molar-refractivity contribution in [3.63, 3.8) is 0 Å². The SMILES string of the molecule is C=C1COc2c(N3CCN(c4ccc(OC)cc4)CC3)c(F)cc3c(=O)c(C(=O)O)cn1c23. The highest BCUT2D eigenvalue weighted by Gasteiger charge is 2.30. The lowest BCUT2D eigenvalue weighted by Crippen LogP contribution is -2.47. The second-order valence-electron chi connectivity index (χ2n) is 8.01. The van der Waals surface area contributed by atoms with Gasteiger partial charge in [-0.2, -0.15) is 0 Å². The van der Waals surface area contributed by atoms with Gasteiger partial charge in [0.1, 0.15) is 29.1 Å². The minimum Gasteiger partial charge on any atom is -0.497 e. The summed E-state index contributed by atoms with van der Waals surface area (Å²) in [6.45, 7) is 6.39. The van der Waals surface area contributed by atoms with E-state index in [0.717, 1.165) is 17.5 Å². The number of carboxylic acids is 1. The summed E-state index contributed by atoms with van der Waals surface area (Å²) in [5, 5.41) is 9.37. The van der Waals surface area contributed by atoms with Crippen LogP contribution >= 0.6 is 0 Å². The maximum atomic E-state index is 15.4. The Morgan fingerprint density at radius 2 is 1.82 bits per heavy atom. The van der Waals surface area contributed by atoms with E-state index in [1.807, 2.05) is 29.2 Å². The Morgan fingerprint density at radius 1 is 1.15 bits per heavy atom. The number of carbonyl (C=O) groups is 1. The summed E-state index contributed by atoms with van der Waals surface area (Å²) >= 11 is 0. The number of benzene rings is 2. The van der Waals surface area contributed by atoms with Crippen molar-refractivity contribution in [2.24, 2.45) is 0 Å². The van der Waals surface area contributed by atoms with Crippen molar-refractivity contribution < 1.29 is 23.8 Å². The lowest BCUT2D eigenvalue weighted by atomic mass is 10.1. The van der Waals surface area contributed by atoms with E-state index in [2.05, 4.69) is 11.5 Å². The first-order chi connectivity index (χ1) is 15.9. The monoisotopic (exact) mass is 451 g/mol. The Kier molecular flexibility index (Phi) is 4.96. The van der Waals surface area contributed by atoms with Crippen LogP contribution in [0.2, 0.25) is 0 Å². The van der Waals surface area contributed by atoms with Crippen molar-refractivity contribution in [3.05, 3.63) is 64.7 Å². The number of halogens is 1. The van der Waals surface area contributed by atoms with Crippen LogP contribution < -0.4 is 24.7 Å². The van der Waals surface area contributed by atoms with E-state index in [-0.39, 0.29) is 23.4 Å². The van der Waals surface area contributed by atoms with E-state index in [1.54, 1.807) is 7.11 Å². The largest absolute Gasteiger partial charge is 0.497 e. The van der Waals surface area contributed by atoms with Gasteiger partial charge in [-0.05, 0) is 30.3 Å². The van der Waals surface area contributed by atoms with Crippen LogP contribution in [0.25, 0.3) is 16.6 Å². The van der Waals surface area contributed by atoms with E-state index < -0.39 is 22.8 Å². The molecule has 33 heavy (non-hydrogen) atoms. The van der Waals surface area contributed by atoms with Crippen molar-refractivity contribution in [1.29, 1.82) is 0 Å². The average Bonchev–Trinajstić information content (AvgIpc) is 2.82. The Balaban J connectivity index is 1.53. The molecule has 1 saturated heterocycles. The molecule has 1 fully saturated rings. The van der Waals surface area contributed by atoms with Gasteiger partial charge >= 0.3 is 5.97 Å². The van der Waals surface area contributed by atoms with Crippen LogP contribution in [0.3, 0.4) is 0 Å². The zero-order valence-electron chi connectivity index (χ0n) is 18.0. The predicted molar refractivity (Wildman–Crippen MR) is 123 cm³/mol. The molecule has 9 heteroatoms. The summed E-state index contributed by atoms with van der Waals surface area (Å²) in [5.74, 6) is -0.963. The van der Waals surface area contributed by atoms with Gasteiger partial charge in [0.05, 0.1) is 18.2 Å². The molecule has 8 nitrogen and oxygen atoms in total. The second kappa shape index (κ2) is 7.84. The lowest BCUT2D eigenvalue weighted by Gasteiger charge is -2.38. The molecule has 0 spiro atoms. The van der Waals surface area contributed by atoms with Gasteiger partial charge in [0, 0.05) is 38.1 Å². The third-order valence-corrected chi connectivity index (χ3v) is 6.16. The molecule has 0 radical (unpaired) electrons. The van der Waals surface area contributed by atoms with Crippen LogP contribution in [0, 0.1) is 5.82 Å². The minimum absolute atomic E-state index is 0.0381. The first kappa shape index (κ1) is 20.9. The number of aromatic nitrogens is 1. The molecule has 1 aromatic heterocycles. The maximum absolute atomic E-state index is 15.4. The summed E-state index contributed by atoms with van der Waals surface area (Å²) in [5.41, 5.74) is 0.964. The van der Waals surface area contributed by atoms with Gasteiger partial charge in [0.25, 0.3) is 0 Å². The van der Waals surface area contributed by atoms with Crippen LogP contribution in [0.4, 0.5) is 15.8 Å². The van der Waals surface area contributed by atoms with E-state index in [9.17, 15) is 14.7 Å². The molecule has 2 aliphatic heterocycles. The lowest BCUT2D eigenvalue weighted by molar-refractivity contribution is 0.0695. The van der Waals surface area contributed by atoms with Gasteiger partial charge < -0.3 is 28.9 Å². The third kappa shape index (κ3) is 3.36. The van der Waals surface area contributed by atoms with Gasteiger partial charge in [0.2, 0.25) is 5.43 Å². The van der Waals surface area contributed by atoms with Crippen molar-refractivity contribution in [2.75, 3.05) is 49.7 Å². The Bertz CT molecular complexity index is 1340. The number of ether oxygens (including phenoxy) is 2. The van der Waals surface area contributed by atoms with Crippen LogP contribution in [0.5, 0.6) is 11.5 Å². The number of hydrogen-bond donors (Lipinski definition) is 1. The van der Waals surface area contributed by atoms with E-state index in [0.29, 0.717) is 37.4 Å². The quantitative estimate of drug-likeness (QED) is 0.653. The number of anilines is 2. The predicted octanol–water partition coefficient (Wildman–Crippen LogP) is 3.04. The summed E-state index contributed by atoms with van der Waals surface area (Å²) in [7, 11) is 1.62. The number of carboxylic acid groups (broad SMARTS) is 1. The molecule has 0 bridgehead atoms. The van der Waals surface area contributed by atoms with Crippen LogP contribution in [0.15, 0.2) is 47.9 Å². The molecule has 1 N–H and O–H groups in total. The number of aromatic carboxylic acids is 1. The molecule has 0 saturated carbocycles. The van der Waals surface area contributed by atoms with Gasteiger partial charge in [-0.15, -0.1) is 0 Å². The number of rotatable bonds is 4. The van der Waals surface area contributed by atoms with Gasteiger partial charge in [-0.25, -0.2) is 9.18 Å². The molecule has 170 valence electrons. The highest BCUT2D eigenvalue weighted by molar-refractivity contribution is 5.99. The fourth-order valence-electron chi connectivity index (χ4n) is 4.46. The summed E-state index contributed by atoms with van der Waals surface area (Å²) in [4.78, 5) is 28.4.